The van der Waals surface area contributed by atoms with Crippen LogP contribution >= 0.6 is 0 Å². The third-order valence-corrected chi connectivity index (χ3v) is 3.99. The molecule has 1 aromatic carbocycles. The van der Waals surface area contributed by atoms with E-state index in [1.165, 1.54) is 43.2 Å². The molecule has 0 bridgehead atoms. The molecule has 1 saturated carbocycles. The zero-order chi connectivity index (χ0) is 12.3. The molecule has 2 atom stereocenters. The number of nitrogens with two attached hydrogens (primary N) is 1. The molecule has 1 aromatic rings. The molecule has 1 fully saturated rings. The second kappa shape index (κ2) is 5.68. The van der Waals surface area contributed by atoms with Gasteiger partial charge in [0.15, 0.2) is 0 Å². The first kappa shape index (κ1) is 12.6. The summed E-state index contributed by atoms with van der Waals surface area (Å²) in [6.45, 7) is 4.49. The molecule has 0 radical (unpaired) electrons. The highest BCUT2D eigenvalue weighted by atomic mass is 14.6. The Balaban J connectivity index is 1.94. The van der Waals surface area contributed by atoms with Crippen LogP contribution in [0, 0.1) is 5.92 Å². The van der Waals surface area contributed by atoms with Crippen molar-refractivity contribution in [1.29, 1.82) is 0 Å². The largest absolute Gasteiger partial charge is 0.328 e. The topological polar surface area (TPSA) is 26.0 Å². The van der Waals surface area contributed by atoms with Gasteiger partial charge in [-0.05, 0) is 42.2 Å². The van der Waals surface area contributed by atoms with E-state index in [4.69, 9.17) is 5.73 Å². The molecule has 0 spiro atoms. The lowest BCUT2D eigenvalue weighted by Gasteiger charge is -2.26. The van der Waals surface area contributed by atoms with E-state index < -0.39 is 0 Å². The molecular weight excluding hydrogens is 206 g/mol. The van der Waals surface area contributed by atoms with E-state index in [0.29, 0.717) is 12.0 Å². The van der Waals surface area contributed by atoms with Crippen molar-refractivity contribution in [3.05, 3.63) is 35.4 Å². The van der Waals surface area contributed by atoms with E-state index in [9.17, 15) is 0 Å². The molecule has 1 heteroatoms. The average Bonchev–Trinajstić information content (AvgIpc) is 2.29. The van der Waals surface area contributed by atoms with Gasteiger partial charge < -0.3 is 5.73 Å². The van der Waals surface area contributed by atoms with Crippen molar-refractivity contribution in [2.75, 3.05) is 0 Å². The van der Waals surface area contributed by atoms with Gasteiger partial charge in [0, 0.05) is 6.04 Å². The SMILES string of the molecule is CC(C)c1ccc(CC2CCCC(N)C2)cc1. The lowest BCUT2D eigenvalue weighted by molar-refractivity contribution is 0.321. The molecule has 2 rings (SSSR count). The maximum Gasteiger partial charge on any atom is 0.00415 e. The quantitative estimate of drug-likeness (QED) is 0.839. The van der Waals surface area contributed by atoms with E-state index in [1.54, 1.807) is 0 Å². The molecule has 2 N–H and O–H groups in total. The first-order valence-electron chi connectivity index (χ1n) is 6.99. The molecular formula is C16H25N. The van der Waals surface area contributed by atoms with Gasteiger partial charge in [-0.15, -0.1) is 0 Å². The molecule has 1 aliphatic rings. The van der Waals surface area contributed by atoms with Crippen LogP contribution in [0.4, 0.5) is 0 Å². The molecule has 1 aliphatic carbocycles. The van der Waals surface area contributed by atoms with E-state index in [2.05, 4.69) is 38.1 Å². The minimum Gasteiger partial charge on any atom is -0.328 e. The number of benzene rings is 1. The van der Waals surface area contributed by atoms with Crippen LogP contribution in [0.3, 0.4) is 0 Å². The lowest BCUT2D eigenvalue weighted by Crippen LogP contribution is -2.28. The maximum atomic E-state index is 6.04. The predicted octanol–water partition coefficient (Wildman–Crippen LogP) is 3.87. The monoisotopic (exact) mass is 231 g/mol. The molecule has 0 aromatic heterocycles. The van der Waals surface area contributed by atoms with Gasteiger partial charge in [0.05, 0.1) is 0 Å². The van der Waals surface area contributed by atoms with Gasteiger partial charge >= 0.3 is 0 Å². The second-order valence-corrected chi connectivity index (χ2v) is 5.89. The van der Waals surface area contributed by atoms with Crippen molar-refractivity contribution in [3.8, 4) is 0 Å². The highest BCUT2D eigenvalue weighted by molar-refractivity contribution is 5.25. The zero-order valence-electron chi connectivity index (χ0n) is 11.2. The molecule has 1 nitrogen and oxygen atoms in total. The average molecular weight is 231 g/mol. The fraction of sp³-hybridized carbons (Fsp3) is 0.625. The summed E-state index contributed by atoms with van der Waals surface area (Å²) in [5, 5.41) is 0. The second-order valence-electron chi connectivity index (χ2n) is 5.89. The van der Waals surface area contributed by atoms with Gasteiger partial charge in [-0.3, -0.25) is 0 Å². The highest BCUT2D eigenvalue weighted by Gasteiger charge is 2.19. The van der Waals surface area contributed by atoms with E-state index in [-0.39, 0.29) is 0 Å². The van der Waals surface area contributed by atoms with Crippen LogP contribution in [0.1, 0.15) is 56.6 Å². The van der Waals surface area contributed by atoms with Crippen LogP contribution in [0.15, 0.2) is 24.3 Å². The van der Waals surface area contributed by atoms with Crippen molar-refractivity contribution < 1.29 is 0 Å². The highest BCUT2D eigenvalue weighted by Crippen LogP contribution is 2.26. The zero-order valence-corrected chi connectivity index (χ0v) is 11.2. The fourth-order valence-electron chi connectivity index (χ4n) is 2.89. The van der Waals surface area contributed by atoms with Crippen molar-refractivity contribution >= 4 is 0 Å². The van der Waals surface area contributed by atoms with Gasteiger partial charge in [-0.2, -0.15) is 0 Å². The van der Waals surface area contributed by atoms with Gasteiger partial charge in [0.2, 0.25) is 0 Å². The summed E-state index contributed by atoms with van der Waals surface area (Å²) in [5.74, 6) is 1.44. The molecule has 17 heavy (non-hydrogen) atoms. The Kier molecular flexibility index (Phi) is 4.22. The van der Waals surface area contributed by atoms with Crippen LogP contribution in [-0.2, 0) is 6.42 Å². The minimum absolute atomic E-state index is 0.448. The van der Waals surface area contributed by atoms with Gasteiger partial charge in [-0.25, -0.2) is 0 Å². The van der Waals surface area contributed by atoms with Crippen LogP contribution in [-0.4, -0.2) is 6.04 Å². The number of hydrogen-bond donors (Lipinski definition) is 1. The summed E-state index contributed by atoms with van der Waals surface area (Å²) < 4.78 is 0. The predicted molar refractivity (Wildman–Crippen MR) is 74.2 cm³/mol. The van der Waals surface area contributed by atoms with Crippen LogP contribution in [0.2, 0.25) is 0 Å². The van der Waals surface area contributed by atoms with Crippen LogP contribution in [0.25, 0.3) is 0 Å². The number of rotatable bonds is 3. The summed E-state index contributed by atoms with van der Waals surface area (Å²) in [6.07, 6.45) is 6.33. The third-order valence-electron chi connectivity index (χ3n) is 3.99. The first-order valence-corrected chi connectivity index (χ1v) is 6.99. The molecule has 94 valence electrons. The van der Waals surface area contributed by atoms with Gasteiger partial charge in [0.1, 0.15) is 0 Å². The Labute approximate surface area is 105 Å². The van der Waals surface area contributed by atoms with E-state index in [0.717, 1.165) is 5.92 Å². The molecule has 0 amide bonds. The van der Waals surface area contributed by atoms with Gasteiger partial charge in [0.25, 0.3) is 0 Å². The summed E-state index contributed by atoms with van der Waals surface area (Å²) in [6, 6.07) is 9.61. The Hall–Kier alpha value is -0.820. The molecule has 0 heterocycles. The van der Waals surface area contributed by atoms with Crippen molar-refractivity contribution in [1.82, 2.24) is 0 Å². The lowest BCUT2D eigenvalue weighted by atomic mass is 9.82. The Bertz CT molecular complexity index is 339. The Morgan fingerprint density at radius 3 is 2.47 bits per heavy atom. The normalized spacial score (nSPS) is 25.2. The van der Waals surface area contributed by atoms with E-state index in [1.807, 2.05) is 0 Å². The summed E-state index contributed by atoms with van der Waals surface area (Å²) in [7, 11) is 0. The molecule has 0 aliphatic heterocycles. The fourth-order valence-corrected chi connectivity index (χ4v) is 2.89. The Morgan fingerprint density at radius 2 is 1.88 bits per heavy atom. The maximum absolute atomic E-state index is 6.04. The van der Waals surface area contributed by atoms with Crippen molar-refractivity contribution in [2.24, 2.45) is 11.7 Å². The van der Waals surface area contributed by atoms with Crippen molar-refractivity contribution in [3.63, 3.8) is 0 Å². The molecule has 2 unspecified atom stereocenters. The van der Waals surface area contributed by atoms with Crippen molar-refractivity contribution in [2.45, 2.75) is 57.9 Å². The summed E-state index contributed by atoms with van der Waals surface area (Å²) in [4.78, 5) is 0. The summed E-state index contributed by atoms with van der Waals surface area (Å²) >= 11 is 0. The smallest absolute Gasteiger partial charge is 0.00415 e. The summed E-state index contributed by atoms with van der Waals surface area (Å²) in [5.41, 5.74) is 8.96. The van der Waals surface area contributed by atoms with Crippen LogP contribution in [0.5, 0.6) is 0 Å². The standard InChI is InChI=1S/C16H25N/c1-12(2)15-8-6-13(7-9-15)10-14-4-3-5-16(17)11-14/h6-9,12,14,16H,3-5,10-11,17H2,1-2H3. The minimum atomic E-state index is 0.448. The third kappa shape index (κ3) is 3.57. The number of hydrogen-bond acceptors (Lipinski definition) is 1. The van der Waals surface area contributed by atoms with Gasteiger partial charge in [-0.1, -0.05) is 51.0 Å². The van der Waals surface area contributed by atoms with Crippen LogP contribution < -0.4 is 5.73 Å². The van der Waals surface area contributed by atoms with E-state index >= 15 is 0 Å². The Morgan fingerprint density at radius 1 is 1.18 bits per heavy atom. The first-order chi connectivity index (χ1) is 8.15. The molecule has 0 saturated heterocycles.